The van der Waals surface area contributed by atoms with Gasteiger partial charge in [-0.1, -0.05) is 25.1 Å². The van der Waals surface area contributed by atoms with Crippen molar-refractivity contribution in [3.63, 3.8) is 0 Å². The highest BCUT2D eigenvalue weighted by atomic mass is 16.5. The van der Waals surface area contributed by atoms with Gasteiger partial charge in [0, 0.05) is 6.42 Å². The molecular weight excluding hydrogens is 334 g/mol. The van der Waals surface area contributed by atoms with Gasteiger partial charge in [0.25, 0.3) is 0 Å². The number of carbonyl (C=O) groups excluding carboxylic acids is 2. The second-order valence-electron chi connectivity index (χ2n) is 5.69. The van der Waals surface area contributed by atoms with Crippen LogP contribution in [0.2, 0.25) is 0 Å². The summed E-state index contributed by atoms with van der Waals surface area (Å²) in [5.41, 5.74) is 1.42. The third kappa shape index (κ3) is 5.24. The predicted molar refractivity (Wildman–Crippen MR) is 98.6 cm³/mol. The molecule has 6 nitrogen and oxygen atoms in total. The molecule has 2 aromatic rings. The summed E-state index contributed by atoms with van der Waals surface area (Å²) in [6.45, 7) is 2.50. The van der Waals surface area contributed by atoms with Crippen molar-refractivity contribution < 1.29 is 24.2 Å². The van der Waals surface area contributed by atoms with Gasteiger partial charge in [0.1, 0.15) is 11.3 Å². The van der Waals surface area contributed by atoms with Gasteiger partial charge in [-0.3, -0.25) is 4.79 Å². The topological polar surface area (TPSA) is 84.9 Å². The fourth-order valence-electron chi connectivity index (χ4n) is 2.38. The van der Waals surface area contributed by atoms with E-state index in [9.17, 15) is 14.7 Å². The van der Waals surface area contributed by atoms with Crippen molar-refractivity contribution in [1.29, 1.82) is 0 Å². The Morgan fingerprint density at radius 2 is 1.85 bits per heavy atom. The van der Waals surface area contributed by atoms with Crippen LogP contribution in [-0.4, -0.2) is 30.7 Å². The minimum Gasteiger partial charge on any atom is -0.505 e. The van der Waals surface area contributed by atoms with Gasteiger partial charge >= 0.3 is 5.97 Å². The van der Waals surface area contributed by atoms with Gasteiger partial charge < -0.3 is 19.9 Å². The Labute approximate surface area is 152 Å². The average Bonchev–Trinajstić information content (AvgIpc) is 2.66. The number of methoxy groups -OCH3 is 1. The number of esters is 1. The SMILES string of the molecule is CCc1ccc(OCCCC(=O)Nc2cccc(C(=O)OC)c2O)cc1. The molecule has 1 amide bonds. The molecule has 138 valence electrons. The van der Waals surface area contributed by atoms with Crippen LogP contribution in [0.15, 0.2) is 42.5 Å². The summed E-state index contributed by atoms with van der Waals surface area (Å²) in [6, 6.07) is 12.4. The fourth-order valence-corrected chi connectivity index (χ4v) is 2.38. The number of anilines is 1. The monoisotopic (exact) mass is 357 g/mol. The molecule has 0 aliphatic carbocycles. The second-order valence-corrected chi connectivity index (χ2v) is 5.69. The highest BCUT2D eigenvalue weighted by molar-refractivity contribution is 5.98. The smallest absolute Gasteiger partial charge is 0.341 e. The van der Waals surface area contributed by atoms with Crippen LogP contribution in [0.1, 0.15) is 35.7 Å². The molecule has 0 saturated carbocycles. The highest BCUT2D eigenvalue weighted by Crippen LogP contribution is 2.28. The van der Waals surface area contributed by atoms with E-state index in [1.807, 2.05) is 24.3 Å². The third-order valence-electron chi connectivity index (χ3n) is 3.86. The Hall–Kier alpha value is -3.02. The zero-order valence-electron chi connectivity index (χ0n) is 15.0. The Morgan fingerprint density at radius 3 is 2.50 bits per heavy atom. The van der Waals surface area contributed by atoms with Crippen LogP contribution in [0.25, 0.3) is 0 Å². The third-order valence-corrected chi connectivity index (χ3v) is 3.86. The number of nitrogens with one attached hydrogen (secondary N) is 1. The Balaban J connectivity index is 1.81. The average molecular weight is 357 g/mol. The fraction of sp³-hybridized carbons (Fsp3) is 0.300. The number of carbonyl (C=O) groups is 2. The predicted octanol–water partition coefficient (Wildman–Crippen LogP) is 3.54. The van der Waals surface area contributed by atoms with E-state index in [4.69, 9.17) is 4.74 Å². The molecule has 0 unspecified atom stereocenters. The van der Waals surface area contributed by atoms with Crippen LogP contribution < -0.4 is 10.1 Å². The van der Waals surface area contributed by atoms with Gasteiger partial charge in [0.2, 0.25) is 5.91 Å². The lowest BCUT2D eigenvalue weighted by Gasteiger charge is -2.10. The zero-order chi connectivity index (χ0) is 18.9. The molecule has 2 N–H and O–H groups in total. The van der Waals surface area contributed by atoms with Gasteiger partial charge in [-0.2, -0.15) is 0 Å². The van der Waals surface area contributed by atoms with E-state index in [0.29, 0.717) is 13.0 Å². The number of phenols is 1. The number of aryl methyl sites for hydroxylation is 1. The first-order valence-corrected chi connectivity index (χ1v) is 8.47. The minimum absolute atomic E-state index is 0.00385. The van der Waals surface area contributed by atoms with Crippen molar-refractivity contribution in [1.82, 2.24) is 0 Å². The zero-order valence-corrected chi connectivity index (χ0v) is 15.0. The molecule has 0 atom stereocenters. The molecule has 0 aromatic heterocycles. The molecule has 0 aliphatic rings. The van der Waals surface area contributed by atoms with Crippen LogP contribution >= 0.6 is 0 Å². The van der Waals surface area contributed by atoms with Crippen molar-refractivity contribution in [2.45, 2.75) is 26.2 Å². The van der Waals surface area contributed by atoms with E-state index in [1.165, 1.54) is 24.8 Å². The highest BCUT2D eigenvalue weighted by Gasteiger charge is 2.15. The molecule has 6 heteroatoms. The lowest BCUT2D eigenvalue weighted by atomic mass is 10.1. The Bertz CT molecular complexity index is 755. The van der Waals surface area contributed by atoms with Crippen molar-refractivity contribution in [2.75, 3.05) is 19.0 Å². The quantitative estimate of drug-likeness (QED) is 0.429. The number of hydrogen-bond donors (Lipinski definition) is 2. The molecule has 0 fully saturated rings. The first-order chi connectivity index (χ1) is 12.5. The van der Waals surface area contributed by atoms with Crippen molar-refractivity contribution >= 4 is 17.6 Å². The van der Waals surface area contributed by atoms with Crippen LogP contribution in [0.4, 0.5) is 5.69 Å². The Morgan fingerprint density at radius 1 is 1.12 bits per heavy atom. The summed E-state index contributed by atoms with van der Waals surface area (Å²) >= 11 is 0. The summed E-state index contributed by atoms with van der Waals surface area (Å²) in [4.78, 5) is 23.6. The summed E-state index contributed by atoms with van der Waals surface area (Å²) < 4.78 is 10.2. The minimum atomic E-state index is -0.666. The van der Waals surface area contributed by atoms with Crippen LogP contribution in [0.5, 0.6) is 11.5 Å². The van der Waals surface area contributed by atoms with Gasteiger partial charge in [-0.05, 0) is 42.7 Å². The molecule has 26 heavy (non-hydrogen) atoms. The summed E-state index contributed by atoms with van der Waals surface area (Å²) in [6.07, 6.45) is 1.73. The number of hydrogen-bond acceptors (Lipinski definition) is 5. The number of phenolic OH excluding ortho intramolecular Hbond substituents is 1. The standard InChI is InChI=1S/C20H23NO5/c1-3-14-9-11-15(12-10-14)26-13-5-8-18(22)21-17-7-4-6-16(19(17)23)20(24)25-2/h4,6-7,9-12,23H,3,5,8,13H2,1-2H3,(H,21,22). The molecule has 0 saturated heterocycles. The molecule has 0 heterocycles. The molecule has 2 aromatic carbocycles. The number of para-hydroxylation sites is 1. The Kier molecular flexibility index (Phi) is 7.02. The summed E-state index contributed by atoms with van der Waals surface area (Å²) in [7, 11) is 1.23. The van der Waals surface area contributed by atoms with Gasteiger partial charge in [0.05, 0.1) is 19.4 Å². The number of benzene rings is 2. The normalized spacial score (nSPS) is 10.2. The van der Waals surface area contributed by atoms with E-state index in [1.54, 1.807) is 6.07 Å². The van der Waals surface area contributed by atoms with Crippen molar-refractivity contribution in [2.24, 2.45) is 0 Å². The molecule has 0 bridgehead atoms. The number of amides is 1. The van der Waals surface area contributed by atoms with E-state index in [-0.39, 0.29) is 29.3 Å². The van der Waals surface area contributed by atoms with Crippen LogP contribution in [-0.2, 0) is 16.0 Å². The van der Waals surface area contributed by atoms with Crippen LogP contribution in [0, 0.1) is 0 Å². The molecular formula is C20H23NO5. The molecule has 0 aliphatic heterocycles. The summed E-state index contributed by atoms with van der Waals surface area (Å²) in [5, 5.41) is 12.7. The number of ether oxygens (including phenoxy) is 2. The number of rotatable bonds is 8. The first kappa shape index (κ1) is 19.3. The lowest BCUT2D eigenvalue weighted by molar-refractivity contribution is -0.116. The maximum Gasteiger partial charge on any atom is 0.341 e. The molecule has 2 rings (SSSR count). The van der Waals surface area contributed by atoms with Gasteiger partial charge in [-0.25, -0.2) is 4.79 Å². The van der Waals surface area contributed by atoms with E-state index in [2.05, 4.69) is 17.0 Å². The lowest BCUT2D eigenvalue weighted by Crippen LogP contribution is -2.13. The first-order valence-electron chi connectivity index (χ1n) is 8.47. The van der Waals surface area contributed by atoms with Gasteiger partial charge in [0.15, 0.2) is 5.75 Å². The van der Waals surface area contributed by atoms with E-state index >= 15 is 0 Å². The number of aromatic hydroxyl groups is 1. The maximum absolute atomic E-state index is 12.0. The van der Waals surface area contributed by atoms with Crippen LogP contribution in [0.3, 0.4) is 0 Å². The molecule has 0 radical (unpaired) electrons. The van der Waals surface area contributed by atoms with Gasteiger partial charge in [-0.15, -0.1) is 0 Å². The second kappa shape index (κ2) is 9.46. The largest absolute Gasteiger partial charge is 0.505 e. The summed E-state index contributed by atoms with van der Waals surface area (Å²) in [5.74, 6) is -0.473. The van der Waals surface area contributed by atoms with Crippen molar-refractivity contribution in [3.8, 4) is 11.5 Å². The van der Waals surface area contributed by atoms with E-state index < -0.39 is 5.97 Å². The molecule has 0 spiro atoms. The van der Waals surface area contributed by atoms with Crippen molar-refractivity contribution in [3.05, 3.63) is 53.6 Å². The maximum atomic E-state index is 12.0. The van der Waals surface area contributed by atoms with E-state index in [0.717, 1.165) is 12.2 Å².